The normalized spacial score (nSPS) is 11.8. The van der Waals surface area contributed by atoms with Crippen LogP contribution in [0.4, 0.5) is 11.4 Å². The standard InChI is InChI=1S/C30H36N2O4/c1-5-29(35-33-3)19-23-10-14-27(15-11-23)31-21-25-8-7-9-26(18-25)22-32-28-16-12-24(13-17-28)20-30(6-2)36-34-4/h5-18,31-32H,19-22H2,1-4H3/b29-5+,30-6+. The Hall–Kier alpha value is -3.74. The first-order valence-corrected chi connectivity index (χ1v) is 12.1. The summed E-state index contributed by atoms with van der Waals surface area (Å²) in [5.74, 6) is 1.58. The smallest absolute Gasteiger partial charge is 0.142 e. The van der Waals surface area contributed by atoms with E-state index in [0.717, 1.165) is 47.1 Å². The minimum absolute atomic E-state index is 0.696. The predicted octanol–water partition coefficient (Wildman–Crippen LogP) is 6.96. The van der Waals surface area contributed by atoms with Crippen LogP contribution >= 0.6 is 0 Å². The maximum atomic E-state index is 5.15. The van der Waals surface area contributed by atoms with Crippen LogP contribution in [0, 0.1) is 0 Å². The number of benzene rings is 3. The summed E-state index contributed by atoms with van der Waals surface area (Å²) in [6.07, 6.45) is 5.21. The number of nitrogens with one attached hydrogen (secondary N) is 2. The third-order valence-corrected chi connectivity index (χ3v) is 5.67. The Morgan fingerprint density at radius 2 is 1.03 bits per heavy atom. The first kappa shape index (κ1) is 26.9. The quantitative estimate of drug-likeness (QED) is 0.145. The lowest BCUT2D eigenvalue weighted by Crippen LogP contribution is -2.03. The summed E-state index contributed by atoms with van der Waals surface area (Å²) in [7, 11) is 3.03. The number of anilines is 2. The van der Waals surface area contributed by atoms with E-state index in [9.17, 15) is 0 Å². The average molecular weight is 489 g/mol. The van der Waals surface area contributed by atoms with Gasteiger partial charge in [0.15, 0.2) is 0 Å². The monoisotopic (exact) mass is 488 g/mol. The molecule has 0 aliphatic rings. The van der Waals surface area contributed by atoms with Gasteiger partial charge in [0.1, 0.15) is 11.5 Å². The van der Waals surface area contributed by atoms with Crippen LogP contribution in [0.25, 0.3) is 0 Å². The molecule has 0 radical (unpaired) electrons. The molecule has 3 rings (SSSR count). The Morgan fingerprint density at radius 3 is 1.39 bits per heavy atom. The fourth-order valence-electron chi connectivity index (χ4n) is 3.71. The van der Waals surface area contributed by atoms with Gasteiger partial charge in [-0.3, -0.25) is 0 Å². The van der Waals surface area contributed by atoms with Gasteiger partial charge in [-0.1, -0.05) is 48.5 Å². The minimum Gasteiger partial charge on any atom is -0.381 e. The fraction of sp³-hybridized carbons (Fsp3) is 0.267. The van der Waals surface area contributed by atoms with Gasteiger partial charge in [0.05, 0.1) is 14.2 Å². The van der Waals surface area contributed by atoms with Gasteiger partial charge >= 0.3 is 0 Å². The zero-order valence-electron chi connectivity index (χ0n) is 21.5. The molecule has 0 amide bonds. The van der Waals surface area contributed by atoms with Crippen molar-refractivity contribution in [3.05, 3.63) is 119 Å². The molecule has 0 atom stereocenters. The summed E-state index contributed by atoms with van der Waals surface area (Å²) < 4.78 is 0. The van der Waals surface area contributed by atoms with Crippen LogP contribution in [-0.2, 0) is 45.5 Å². The van der Waals surface area contributed by atoms with Crippen molar-refractivity contribution in [2.45, 2.75) is 39.8 Å². The summed E-state index contributed by atoms with van der Waals surface area (Å²) in [6, 6.07) is 25.4. The van der Waals surface area contributed by atoms with Gasteiger partial charge in [0.25, 0.3) is 0 Å². The molecule has 0 unspecified atom stereocenters. The predicted molar refractivity (Wildman–Crippen MR) is 145 cm³/mol. The molecule has 0 aromatic heterocycles. The third kappa shape index (κ3) is 8.80. The van der Waals surface area contributed by atoms with Crippen LogP contribution in [0.5, 0.6) is 0 Å². The lowest BCUT2D eigenvalue weighted by atomic mass is 10.1. The van der Waals surface area contributed by atoms with Crippen LogP contribution in [0.2, 0.25) is 0 Å². The van der Waals surface area contributed by atoms with Gasteiger partial charge in [-0.2, -0.15) is 9.78 Å². The zero-order valence-corrected chi connectivity index (χ0v) is 21.5. The molecule has 0 aliphatic heterocycles. The Kier molecular flexibility index (Phi) is 10.9. The molecule has 0 heterocycles. The highest BCUT2D eigenvalue weighted by atomic mass is 17.2. The molecule has 3 aromatic carbocycles. The summed E-state index contributed by atoms with van der Waals surface area (Å²) in [4.78, 5) is 19.8. The molecule has 0 fully saturated rings. The Bertz CT molecular complexity index is 1040. The molecule has 2 N–H and O–H groups in total. The summed E-state index contributed by atoms with van der Waals surface area (Å²) in [5, 5.41) is 7.00. The van der Waals surface area contributed by atoms with E-state index in [-0.39, 0.29) is 0 Å². The summed E-state index contributed by atoms with van der Waals surface area (Å²) >= 11 is 0. The molecule has 6 heteroatoms. The van der Waals surface area contributed by atoms with E-state index in [1.54, 1.807) is 0 Å². The van der Waals surface area contributed by atoms with Gasteiger partial charge in [0, 0.05) is 37.3 Å². The minimum atomic E-state index is 0.696. The van der Waals surface area contributed by atoms with Gasteiger partial charge in [0.2, 0.25) is 0 Å². The van der Waals surface area contributed by atoms with Crippen LogP contribution in [0.3, 0.4) is 0 Å². The largest absolute Gasteiger partial charge is 0.381 e. The van der Waals surface area contributed by atoms with Crippen molar-refractivity contribution in [1.82, 2.24) is 0 Å². The van der Waals surface area contributed by atoms with Crippen molar-refractivity contribution in [3.8, 4) is 0 Å². The maximum absolute atomic E-state index is 5.15. The van der Waals surface area contributed by atoms with E-state index < -0.39 is 0 Å². The fourth-order valence-corrected chi connectivity index (χ4v) is 3.71. The van der Waals surface area contributed by atoms with Crippen LogP contribution in [0.1, 0.15) is 36.1 Å². The third-order valence-electron chi connectivity index (χ3n) is 5.67. The van der Waals surface area contributed by atoms with Crippen molar-refractivity contribution in [1.29, 1.82) is 0 Å². The van der Waals surface area contributed by atoms with Crippen LogP contribution in [0.15, 0.2) is 96.5 Å². The topological polar surface area (TPSA) is 61.0 Å². The molecule has 0 saturated heterocycles. The van der Waals surface area contributed by atoms with E-state index in [4.69, 9.17) is 19.6 Å². The van der Waals surface area contributed by atoms with E-state index in [1.165, 1.54) is 25.3 Å². The van der Waals surface area contributed by atoms with Crippen molar-refractivity contribution in [3.63, 3.8) is 0 Å². The highest BCUT2D eigenvalue weighted by molar-refractivity contribution is 5.47. The average Bonchev–Trinajstić information content (AvgIpc) is 2.92. The lowest BCUT2D eigenvalue weighted by molar-refractivity contribution is -0.238. The highest BCUT2D eigenvalue weighted by Crippen LogP contribution is 2.17. The van der Waals surface area contributed by atoms with Crippen LogP contribution in [-0.4, -0.2) is 14.2 Å². The molecule has 6 nitrogen and oxygen atoms in total. The Labute approximate surface area is 214 Å². The summed E-state index contributed by atoms with van der Waals surface area (Å²) in [6.45, 7) is 5.38. The van der Waals surface area contributed by atoms with Crippen molar-refractivity contribution in [2.24, 2.45) is 0 Å². The lowest BCUT2D eigenvalue weighted by Gasteiger charge is -2.11. The van der Waals surface area contributed by atoms with Crippen LogP contribution < -0.4 is 10.6 Å². The van der Waals surface area contributed by atoms with E-state index in [2.05, 4.69) is 83.4 Å². The number of hydrogen-bond acceptors (Lipinski definition) is 6. The molecular formula is C30H36N2O4. The molecular weight excluding hydrogens is 452 g/mol. The molecule has 3 aromatic rings. The van der Waals surface area contributed by atoms with E-state index in [0.29, 0.717) is 12.8 Å². The molecule has 36 heavy (non-hydrogen) atoms. The zero-order chi connectivity index (χ0) is 25.6. The number of hydrogen-bond donors (Lipinski definition) is 2. The van der Waals surface area contributed by atoms with Gasteiger partial charge in [-0.15, -0.1) is 0 Å². The van der Waals surface area contributed by atoms with Gasteiger partial charge in [-0.25, -0.2) is 0 Å². The SMILES string of the molecule is C/C=C(\Cc1ccc(NCc2cccc(CNc3ccc(C/C(=C\C)OOC)cc3)c2)cc1)OOC. The molecule has 0 bridgehead atoms. The van der Waals surface area contributed by atoms with E-state index >= 15 is 0 Å². The second-order valence-corrected chi connectivity index (χ2v) is 8.28. The van der Waals surface area contributed by atoms with Crippen molar-refractivity contribution < 1.29 is 19.6 Å². The van der Waals surface area contributed by atoms with Gasteiger partial charge in [-0.05, 0) is 72.5 Å². The Morgan fingerprint density at radius 1 is 0.611 bits per heavy atom. The van der Waals surface area contributed by atoms with Crippen molar-refractivity contribution in [2.75, 3.05) is 24.9 Å². The number of rotatable bonds is 14. The second kappa shape index (κ2) is 14.6. The molecule has 0 saturated carbocycles. The van der Waals surface area contributed by atoms with E-state index in [1.807, 2.05) is 26.0 Å². The van der Waals surface area contributed by atoms with Crippen molar-refractivity contribution >= 4 is 11.4 Å². The second-order valence-electron chi connectivity index (χ2n) is 8.28. The summed E-state index contributed by atoms with van der Waals surface area (Å²) in [5.41, 5.74) is 6.95. The molecule has 0 spiro atoms. The number of allylic oxidation sites excluding steroid dienone is 4. The van der Waals surface area contributed by atoms with Gasteiger partial charge < -0.3 is 20.4 Å². The first-order chi connectivity index (χ1) is 17.6. The first-order valence-electron chi connectivity index (χ1n) is 12.1. The Balaban J connectivity index is 1.49. The highest BCUT2D eigenvalue weighted by Gasteiger charge is 2.04. The maximum Gasteiger partial charge on any atom is 0.142 e. The molecule has 0 aliphatic carbocycles. The molecule has 190 valence electrons.